The summed E-state index contributed by atoms with van der Waals surface area (Å²) in [4.78, 5) is 24.1. The molecule has 0 heterocycles. The third kappa shape index (κ3) is 2.46. The summed E-state index contributed by atoms with van der Waals surface area (Å²) in [5.41, 5.74) is -0.107. The summed E-state index contributed by atoms with van der Waals surface area (Å²) in [7, 11) is 1.22. The number of aliphatic hydroxyl groups excluding tert-OH is 1. The fourth-order valence-corrected chi connectivity index (χ4v) is 2.65. The number of ether oxygens (including phenoxy) is 1. The number of Topliss-reactive ketones (excluding diaryl/α,β-unsaturated/α-hetero) is 1. The Labute approximate surface area is 115 Å². The molecule has 3 atom stereocenters. The summed E-state index contributed by atoms with van der Waals surface area (Å²) in [5, 5.41) is 29.0. The fraction of sp³-hybridized carbons (Fsp3) is 0.429. The van der Waals surface area contributed by atoms with Gasteiger partial charge >= 0.3 is 5.97 Å². The zero-order valence-electron chi connectivity index (χ0n) is 10.9. The number of phenols is 2. The molecule has 1 saturated carbocycles. The lowest BCUT2D eigenvalue weighted by molar-refractivity contribution is -0.146. The molecule has 6 nitrogen and oxygen atoms in total. The zero-order chi connectivity index (χ0) is 14.9. The molecule has 0 aromatic heterocycles. The van der Waals surface area contributed by atoms with Gasteiger partial charge in [-0.25, -0.2) is 0 Å². The van der Waals surface area contributed by atoms with Gasteiger partial charge in [-0.2, -0.15) is 0 Å². The Hall–Kier alpha value is -2.08. The van der Waals surface area contributed by atoms with Crippen LogP contribution in [0, 0.1) is 11.8 Å². The lowest BCUT2D eigenvalue weighted by Crippen LogP contribution is -2.32. The monoisotopic (exact) mass is 280 g/mol. The largest absolute Gasteiger partial charge is 0.508 e. The summed E-state index contributed by atoms with van der Waals surface area (Å²) in [6.45, 7) is 0. The van der Waals surface area contributed by atoms with Crippen molar-refractivity contribution in [3.05, 3.63) is 23.8 Å². The minimum absolute atomic E-state index is 0.107. The van der Waals surface area contributed by atoms with Crippen molar-refractivity contribution in [2.24, 2.45) is 11.8 Å². The molecule has 0 amide bonds. The summed E-state index contributed by atoms with van der Waals surface area (Å²) >= 11 is 0. The molecule has 3 unspecified atom stereocenters. The molecular weight excluding hydrogens is 264 g/mol. The van der Waals surface area contributed by atoms with Crippen LogP contribution in [-0.4, -0.2) is 40.3 Å². The Morgan fingerprint density at radius 2 is 1.95 bits per heavy atom. The normalized spacial score (nSPS) is 25.4. The standard InChI is InChI=1S/C14H16O6/c1-20-14(19)8-3-5-11(17)12(8)13(18)9-6-7(15)2-4-10(9)16/h2,4,6,8,11-12,15-17H,3,5H2,1H3. The van der Waals surface area contributed by atoms with Gasteiger partial charge in [-0.1, -0.05) is 0 Å². The molecule has 1 aromatic carbocycles. The van der Waals surface area contributed by atoms with Crippen molar-refractivity contribution in [1.29, 1.82) is 0 Å². The van der Waals surface area contributed by atoms with Crippen LogP contribution in [0.3, 0.4) is 0 Å². The molecule has 108 valence electrons. The number of hydrogen-bond donors (Lipinski definition) is 3. The van der Waals surface area contributed by atoms with Gasteiger partial charge in [0.1, 0.15) is 11.5 Å². The average molecular weight is 280 g/mol. The van der Waals surface area contributed by atoms with Crippen molar-refractivity contribution in [2.45, 2.75) is 18.9 Å². The van der Waals surface area contributed by atoms with E-state index < -0.39 is 29.7 Å². The summed E-state index contributed by atoms with van der Waals surface area (Å²) in [6.07, 6.45) is -0.298. The highest BCUT2D eigenvalue weighted by Crippen LogP contribution is 2.37. The fourth-order valence-electron chi connectivity index (χ4n) is 2.65. The third-order valence-corrected chi connectivity index (χ3v) is 3.67. The number of aromatic hydroxyl groups is 2. The molecule has 1 aliphatic carbocycles. The lowest BCUT2D eigenvalue weighted by atomic mass is 9.86. The van der Waals surface area contributed by atoms with E-state index >= 15 is 0 Å². The van der Waals surface area contributed by atoms with Crippen LogP contribution in [0.1, 0.15) is 23.2 Å². The van der Waals surface area contributed by atoms with E-state index in [4.69, 9.17) is 0 Å². The first kappa shape index (κ1) is 14.3. The average Bonchev–Trinajstić information content (AvgIpc) is 2.81. The number of aliphatic hydroxyl groups is 1. The molecular formula is C14H16O6. The highest BCUT2D eigenvalue weighted by molar-refractivity contribution is 6.03. The van der Waals surface area contributed by atoms with Crippen molar-refractivity contribution in [3.8, 4) is 11.5 Å². The van der Waals surface area contributed by atoms with Gasteiger partial charge < -0.3 is 20.1 Å². The van der Waals surface area contributed by atoms with Crippen LogP contribution in [-0.2, 0) is 9.53 Å². The van der Waals surface area contributed by atoms with E-state index in [1.807, 2.05) is 0 Å². The van der Waals surface area contributed by atoms with Gasteiger partial charge in [0.25, 0.3) is 0 Å². The highest BCUT2D eigenvalue weighted by Gasteiger charge is 2.45. The van der Waals surface area contributed by atoms with Crippen LogP contribution in [0.2, 0.25) is 0 Å². The molecule has 2 rings (SSSR count). The lowest BCUT2D eigenvalue weighted by Gasteiger charge is -2.19. The van der Waals surface area contributed by atoms with Crippen LogP contribution in [0.4, 0.5) is 0 Å². The van der Waals surface area contributed by atoms with E-state index in [0.29, 0.717) is 12.8 Å². The summed E-state index contributed by atoms with van der Waals surface area (Å²) in [6, 6.07) is 3.56. The van der Waals surface area contributed by atoms with Crippen molar-refractivity contribution in [1.82, 2.24) is 0 Å². The highest BCUT2D eigenvalue weighted by atomic mass is 16.5. The van der Waals surface area contributed by atoms with Crippen LogP contribution >= 0.6 is 0 Å². The maximum absolute atomic E-state index is 12.4. The van der Waals surface area contributed by atoms with Crippen LogP contribution in [0.25, 0.3) is 0 Å². The predicted molar refractivity (Wildman–Crippen MR) is 68.3 cm³/mol. The van der Waals surface area contributed by atoms with Crippen LogP contribution < -0.4 is 0 Å². The number of ketones is 1. The number of carbonyl (C=O) groups is 2. The molecule has 1 aromatic rings. The van der Waals surface area contributed by atoms with Crippen LogP contribution in [0.15, 0.2) is 18.2 Å². The minimum Gasteiger partial charge on any atom is -0.508 e. The third-order valence-electron chi connectivity index (χ3n) is 3.67. The van der Waals surface area contributed by atoms with Gasteiger partial charge in [0.15, 0.2) is 5.78 Å². The first-order valence-corrected chi connectivity index (χ1v) is 6.27. The number of carbonyl (C=O) groups excluding carboxylic acids is 2. The van der Waals surface area contributed by atoms with Crippen molar-refractivity contribution < 1.29 is 29.6 Å². The first-order valence-electron chi connectivity index (χ1n) is 6.27. The number of rotatable bonds is 3. The molecule has 20 heavy (non-hydrogen) atoms. The zero-order valence-corrected chi connectivity index (χ0v) is 10.9. The molecule has 0 saturated heterocycles. The first-order chi connectivity index (χ1) is 9.45. The van der Waals surface area contributed by atoms with Crippen molar-refractivity contribution in [2.75, 3.05) is 7.11 Å². The quantitative estimate of drug-likeness (QED) is 0.430. The second-order valence-corrected chi connectivity index (χ2v) is 4.87. The molecule has 0 aliphatic heterocycles. The number of phenolic OH excluding ortho intramolecular Hbond substituents is 2. The molecule has 6 heteroatoms. The van der Waals surface area contributed by atoms with E-state index in [0.717, 1.165) is 6.07 Å². The minimum atomic E-state index is -0.964. The van der Waals surface area contributed by atoms with Gasteiger partial charge in [0.05, 0.1) is 30.6 Å². The number of methoxy groups -OCH3 is 1. The maximum Gasteiger partial charge on any atom is 0.309 e. The van der Waals surface area contributed by atoms with E-state index in [1.165, 1.54) is 19.2 Å². The second kappa shape index (κ2) is 5.50. The molecule has 0 spiro atoms. The number of hydrogen-bond acceptors (Lipinski definition) is 6. The van der Waals surface area contributed by atoms with Crippen LogP contribution in [0.5, 0.6) is 11.5 Å². The van der Waals surface area contributed by atoms with Gasteiger partial charge in [-0.3, -0.25) is 9.59 Å². The number of benzene rings is 1. The van der Waals surface area contributed by atoms with Crippen molar-refractivity contribution in [3.63, 3.8) is 0 Å². The molecule has 0 bridgehead atoms. The molecule has 1 aliphatic rings. The Bertz CT molecular complexity index is 538. The molecule has 1 fully saturated rings. The van der Waals surface area contributed by atoms with E-state index in [2.05, 4.69) is 4.74 Å². The predicted octanol–water partition coefficient (Wildman–Crippen LogP) is 0.841. The SMILES string of the molecule is COC(=O)C1CCC(O)C1C(=O)c1cc(O)ccc1O. The topological polar surface area (TPSA) is 104 Å². The summed E-state index contributed by atoms with van der Waals surface area (Å²) < 4.78 is 4.64. The smallest absolute Gasteiger partial charge is 0.309 e. The Kier molecular flexibility index (Phi) is 3.94. The Balaban J connectivity index is 2.35. The van der Waals surface area contributed by atoms with Gasteiger partial charge in [-0.15, -0.1) is 0 Å². The van der Waals surface area contributed by atoms with E-state index in [-0.39, 0.29) is 17.1 Å². The maximum atomic E-state index is 12.4. The van der Waals surface area contributed by atoms with Gasteiger partial charge in [0, 0.05) is 0 Å². The number of esters is 1. The second-order valence-electron chi connectivity index (χ2n) is 4.87. The Morgan fingerprint density at radius 3 is 2.60 bits per heavy atom. The molecule has 3 N–H and O–H groups in total. The Morgan fingerprint density at radius 1 is 1.25 bits per heavy atom. The molecule has 0 radical (unpaired) electrons. The van der Waals surface area contributed by atoms with Gasteiger partial charge in [0.2, 0.25) is 0 Å². The van der Waals surface area contributed by atoms with Gasteiger partial charge in [-0.05, 0) is 31.0 Å². The van der Waals surface area contributed by atoms with Crippen molar-refractivity contribution >= 4 is 11.8 Å². The van der Waals surface area contributed by atoms with E-state index in [1.54, 1.807) is 0 Å². The summed E-state index contributed by atoms with van der Waals surface area (Å²) in [5.74, 6) is -3.29. The van der Waals surface area contributed by atoms with E-state index in [9.17, 15) is 24.9 Å².